The molecule has 0 spiro atoms. The van der Waals surface area contributed by atoms with E-state index in [-0.39, 0.29) is 0 Å². The fourth-order valence-corrected chi connectivity index (χ4v) is 2.53. The van der Waals surface area contributed by atoms with Crippen LogP contribution >= 0.6 is 0 Å². The molecule has 2 fully saturated rings. The zero-order valence-corrected chi connectivity index (χ0v) is 8.76. The molecular formula is C10H18F2N2. The van der Waals surface area contributed by atoms with Crippen LogP contribution in [0.25, 0.3) is 0 Å². The molecule has 2 atom stereocenters. The third-order valence-corrected chi connectivity index (χ3v) is 3.62. The van der Waals surface area contributed by atoms with Crippen LogP contribution < -0.4 is 5.32 Å². The zero-order valence-electron chi connectivity index (χ0n) is 8.76. The van der Waals surface area contributed by atoms with Gasteiger partial charge in [0.15, 0.2) is 0 Å². The van der Waals surface area contributed by atoms with Gasteiger partial charge in [-0.25, -0.2) is 8.78 Å². The average Bonchev–Trinajstić information content (AvgIpc) is 2.91. The highest BCUT2D eigenvalue weighted by Crippen LogP contribution is 2.39. The van der Waals surface area contributed by atoms with Crippen LogP contribution in [0.2, 0.25) is 0 Å². The minimum atomic E-state index is -2.27. The lowest BCUT2D eigenvalue weighted by molar-refractivity contribution is 0.0387. The lowest BCUT2D eigenvalue weighted by atomic mass is 9.97. The molecule has 0 amide bonds. The van der Waals surface area contributed by atoms with E-state index in [1.807, 2.05) is 0 Å². The molecular weight excluding hydrogens is 186 g/mol. The van der Waals surface area contributed by atoms with E-state index in [1.165, 1.54) is 12.8 Å². The van der Waals surface area contributed by atoms with E-state index < -0.39 is 12.0 Å². The summed E-state index contributed by atoms with van der Waals surface area (Å²) in [5.74, 6) is 0. The van der Waals surface area contributed by atoms with Crippen LogP contribution in [-0.2, 0) is 0 Å². The number of likely N-dealkylation sites (tertiary alicyclic amines) is 1. The second kappa shape index (κ2) is 3.42. The molecule has 0 aromatic heterocycles. The minimum absolute atomic E-state index is 0.295. The van der Waals surface area contributed by atoms with Gasteiger partial charge in [0, 0.05) is 18.6 Å². The van der Waals surface area contributed by atoms with E-state index in [9.17, 15) is 8.78 Å². The van der Waals surface area contributed by atoms with Gasteiger partial charge in [-0.15, -0.1) is 0 Å². The van der Waals surface area contributed by atoms with Crippen LogP contribution in [0.1, 0.15) is 26.2 Å². The van der Waals surface area contributed by atoms with Gasteiger partial charge in [-0.2, -0.15) is 0 Å². The van der Waals surface area contributed by atoms with Gasteiger partial charge < -0.3 is 5.32 Å². The molecule has 2 aliphatic rings. The number of nitrogens with zero attached hydrogens (tertiary/aromatic N) is 1. The number of hydrogen-bond donors (Lipinski definition) is 1. The Bertz CT molecular complexity index is 218. The second-order valence-electron chi connectivity index (χ2n) is 4.66. The molecule has 82 valence electrons. The Labute approximate surface area is 83.7 Å². The highest BCUT2D eigenvalue weighted by Gasteiger charge is 2.51. The number of likely N-dealkylation sites (N-methyl/N-ethyl adjacent to an activating group) is 1. The third kappa shape index (κ3) is 1.54. The summed E-state index contributed by atoms with van der Waals surface area (Å²) >= 11 is 0. The molecule has 1 saturated heterocycles. The van der Waals surface area contributed by atoms with Crippen LogP contribution in [0, 0.1) is 0 Å². The monoisotopic (exact) mass is 204 g/mol. The molecule has 14 heavy (non-hydrogen) atoms. The number of alkyl halides is 2. The summed E-state index contributed by atoms with van der Waals surface area (Å²) in [6, 6.07) is 0.878. The molecule has 0 radical (unpaired) electrons. The van der Waals surface area contributed by atoms with Crippen molar-refractivity contribution < 1.29 is 8.78 Å². The van der Waals surface area contributed by atoms with Crippen LogP contribution in [0.5, 0.6) is 0 Å². The van der Waals surface area contributed by atoms with E-state index in [4.69, 9.17) is 0 Å². The topological polar surface area (TPSA) is 15.3 Å². The summed E-state index contributed by atoms with van der Waals surface area (Å²) in [5, 5.41) is 2.83. The molecule has 1 aliphatic heterocycles. The second-order valence-corrected chi connectivity index (χ2v) is 4.66. The average molecular weight is 204 g/mol. The molecule has 0 aromatic carbocycles. The van der Waals surface area contributed by atoms with Gasteiger partial charge >= 0.3 is 0 Å². The van der Waals surface area contributed by atoms with Crippen LogP contribution in [0.15, 0.2) is 0 Å². The standard InChI is InChI=1S/C10H18F2N2/c1-7-5-10(13-2,9(11)12)6-14(7)8-3-4-8/h7-9,13H,3-6H2,1-2H3. The fourth-order valence-electron chi connectivity index (χ4n) is 2.53. The lowest BCUT2D eigenvalue weighted by Gasteiger charge is -2.28. The predicted octanol–water partition coefficient (Wildman–Crippen LogP) is 1.47. The molecule has 1 aliphatic carbocycles. The smallest absolute Gasteiger partial charge is 0.257 e. The Hall–Kier alpha value is -0.220. The number of hydrogen-bond acceptors (Lipinski definition) is 2. The molecule has 1 heterocycles. The Kier molecular flexibility index (Phi) is 2.52. The summed E-state index contributed by atoms with van der Waals surface area (Å²) < 4.78 is 25.9. The molecule has 2 nitrogen and oxygen atoms in total. The predicted molar refractivity (Wildman–Crippen MR) is 51.6 cm³/mol. The largest absolute Gasteiger partial charge is 0.308 e. The van der Waals surface area contributed by atoms with Gasteiger partial charge in [-0.3, -0.25) is 4.90 Å². The summed E-state index contributed by atoms with van der Waals surface area (Å²) in [7, 11) is 1.65. The zero-order chi connectivity index (χ0) is 10.3. The van der Waals surface area contributed by atoms with E-state index in [1.54, 1.807) is 7.05 Å². The summed E-state index contributed by atoms with van der Waals surface area (Å²) in [4.78, 5) is 2.24. The van der Waals surface area contributed by atoms with E-state index in [0.29, 0.717) is 25.0 Å². The first-order valence-corrected chi connectivity index (χ1v) is 5.32. The van der Waals surface area contributed by atoms with Crippen molar-refractivity contribution in [3.05, 3.63) is 0 Å². The van der Waals surface area contributed by atoms with Crippen molar-refractivity contribution in [2.45, 2.75) is 50.2 Å². The molecule has 0 aromatic rings. The van der Waals surface area contributed by atoms with Crippen LogP contribution in [0.4, 0.5) is 8.78 Å². The molecule has 2 unspecified atom stereocenters. The van der Waals surface area contributed by atoms with Gasteiger partial charge in [0.2, 0.25) is 0 Å². The van der Waals surface area contributed by atoms with E-state index >= 15 is 0 Å². The minimum Gasteiger partial charge on any atom is -0.308 e. The Morgan fingerprint density at radius 1 is 1.43 bits per heavy atom. The normalized spacial score (nSPS) is 39.6. The van der Waals surface area contributed by atoms with Crippen LogP contribution in [-0.4, -0.2) is 42.5 Å². The lowest BCUT2D eigenvalue weighted by Crippen LogP contribution is -2.51. The first kappa shape index (κ1) is 10.3. The van der Waals surface area contributed by atoms with Gasteiger partial charge in [0.1, 0.15) is 0 Å². The Morgan fingerprint density at radius 3 is 2.43 bits per heavy atom. The molecule has 2 rings (SSSR count). The van der Waals surface area contributed by atoms with Crippen molar-refractivity contribution in [2.75, 3.05) is 13.6 Å². The maximum Gasteiger partial charge on any atom is 0.257 e. The summed E-state index contributed by atoms with van der Waals surface area (Å²) in [6.45, 7) is 2.56. The molecule has 4 heteroatoms. The van der Waals surface area contributed by atoms with Gasteiger partial charge in [0.25, 0.3) is 6.43 Å². The molecule has 1 N–H and O–H groups in total. The molecule has 0 bridgehead atoms. The van der Waals surface area contributed by atoms with Gasteiger partial charge in [-0.05, 0) is 33.2 Å². The SMILES string of the molecule is CNC1(C(F)F)CC(C)N(C2CC2)C1. The first-order chi connectivity index (χ1) is 6.59. The van der Waals surface area contributed by atoms with Gasteiger partial charge in [0.05, 0.1) is 5.54 Å². The number of halogens is 2. The third-order valence-electron chi connectivity index (χ3n) is 3.62. The summed E-state index contributed by atoms with van der Waals surface area (Å²) in [5.41, 5.74) is -0.956. The van der Waals surface area contributed by atoms with Gasteiger partial charge in [-0.1, -0.05) is 0 Å². The first-order valence-electron chi connectivity index (χ1n) is 5.32. The Balaban J connectivity index is 2.08. The quantitative estimate of drug-likeness (QED) is 0.749. The van der Waals surface area contributed by atoms with E-state index in [0.717, 1.165) is 0 Å². The Morgan fingerprint density at radius 2 is 2.07 bits per heavy atom. The van der Waals surface area contributed by atoms with E-state index in [2.05, 4.69) is 17.1 Å². The van der Waals surface area contributed by atoms with Crippen molar-refractivity contribution in [1.29, 1.82) is 0 Å². The number of rotatable bonds is 3. The number of nitrogens with one attached hydrogen (secondary N) is 1. The fraction of sp³-hybridized carbons (Fsp3) is 1.00. The van der Waals surface area contributed by atoms with Crippen molar-refractivity contribution >= 4 is 0 Å². The maximum absolute atomic E-state index is 12.9. The highest BCUT2D eigenvalue weighted by atomic mass is 19.3. The van der Waals surface area contributed by atoms with Crippen LogP contribution in [0.3, 0.4) is 0 Å². The van der Waals surface area contributed by atoms with Crippen molar-refractivity contribution in [1.82, 2.24) is 10.2 Å². The maximum atomic E-state index is 12.9. The van der Waals surface area contributed by atoms with Crippen molar-refractivity contribution in [3.63, 3.8) is 0 Å². The van der Waals surface area contributed by atoms with Crippen molar-refractivity contribution in [2.24, 2.45) is 0 Å². The van der Waals surface area contributed by atoms with Crippen molar-refractivity contribution in [3.8, 4) is 0 Å². The highest BCUT2D eigenvalue weighted by molar-refractivity contribution is 5.05. The molecule has 1 saturated carbocycles. The summed E-state index contributed by atoms with van der Waals surface area (Å²) in [6.07, 6.45) is 0.678.